The zero-order chi connectivity index (χ0) is 34.0. The molecule has 49 heavy (non-hydrogen) atoms. The van der Waals surface area contributed by atoms with Gasteiger partial charge in [0.1, 0.15) is 32.8 Å². The van der Waals surface area contributed by atoms with Gasteiger partial charge in [-0.2, -0.15) is 21.9 Å². The van der Waals surface area contributed by atoms with E-state index >= 15 is 0 Å². The number of alkyl halides is 3. The van der Waals surface area contributed by atoms with Crippen molar-refractivity contribution in [2.45, 2.75) is 20.0 Å². The molecule has 3 heterocycles. The molecule has 0 saturated heterocycles. The summed E-state index contributed by atoms with van der Waals surface area (Å²) < 4.78 is 49.0. The third-order valence-electron chi connectivity index (χ3n) is 8.37. The SMILES string of the molecule is Cc1ccc(N(c2ccc(C)cc2)c2sc(-c3ncc(/N=c4\c(=O)c(=O)c5cc(C(F)(F)F)ccc45)c4nsnc34)c3ccccc23)cc1. The van der Waals surface area contributed by atoms with Crippen LogP contribution in [0, 0.1) is 13.8 Å². The number of aromatic nitrogens is 3. The Kier molecular flexibility index (Phi) is 7.23. The summed E-state index contributed by atoms with van der Waals surface area (Å²) in [5.41, 5.74) is 2.78. The second-order valence-electron chi connectivity index (χ2n) is 11.6. The Labute approximate surface area is 283 Å². The number of nitrogens with zero attached hydrogens (tertiary/aromatic N) is 5. The zero-order valence-corrected chi connectivity index (χ0v) is 27.4. The summed E-state index contributed by atoms with van der Waals surface area (Å²) in [4.78, 5) is 38.0. The van der Waals surface area contributed by atoms with Crippen LogP contribution in [0.1, 0.15) is 16.7 Å². The van der Waals surface area contributed by atoms with E-state index in [2.05, 4.69) is 87.1 Å². The Hall–Kier alpha value is -5.59. The summed E-state index contributed by atoms with van der Waals surface area (Å²) in [6.07, 6.45) is -3.21. The molecule has 0 spiro atoms. The van der Waals surface area contributed by atoms with E-state index in [1.165, 1.54) is 6.20 Å². The summed E-state index contributed by atoms with van der Waals surface area (Å²) in [5, 5.41) is 2.39. The number of aryl methyl sites for hydroxylation is 2. The van der Waals surface area contributed by atoms with E-state index in [4.69, 9.17) is 4.98 Å². The van der Waals surface area contributed by atoms with Gasteiger partial charge in [-0.25, -0.2) is 4.99 Å². The number of fused-ring (bicyclic) bond motifs is 3. The lowest BCUT2D eigenvalue weighted by Gasteiger charge is -2.24. The predicted octanol–water partition coefficient (Wildman–Crippen LogP) is 9.06. The topological polar surface area (TPSA) is 88.4 Å². The number of hydrogen-bond acceptors (Lipinski definition) is 9. The third kappa shape index (κ3) is 5.20. The van der Waals surface area contributed by atoms with Crippen molar-refractivity contribution in [2.24, 2.45) is 4.99 Å². The van der Waals surface area contributed by atoms with Crippen LogP contribution in [0.15, 0.2) is 112 Å². The summed E-state index contributed by atoms with van der Waals surface area (Å²) in [6, 6.07) is 27.4. The summed E-state index contributed by atoms with van der Waals surface area (Å²) in [6.45, 7) is 4.10. The first kappa shape index (κ1) is 30.7. The number of rotatable bonds is 5. The Balaban J connectivity index is 1.31. The molecule has 7 nitrogen and oxygen atoms in total. The van der Waals surface area contributed by atoms with E-state index in [1.54, 1.807) is 11.3 Å². The van der Waals surface area contributed by atoms with Gasteiger partial charge >= 0.3 is 6.18 Å². The number of hydrogen-bond donors (Lipinski definition) is 0. The van der Waals surface area contributed by atoms with Gasteiger partial charge in [-0.05, 0) is 50.2 Å². The van der Waals surface area contributed by atoms with Crippen LogP contribution >= 0.6 is 23.1 Å². The predicted molar refractivity (Wildman–Crippen MR) is 189 cm³/mol. The van der Waals surface area contributed by atoms with E-state index in [-0.39, 0.29) is 21.8 Å². The number of halogens is 3. The smallest absolute Gasteiger partial charge is 0.301 e. The standard InChI is InChI=1S/C37H22F3N5O2S2/c1-19-7-12-22(13-8-19)45(23-14-9-20(2)10-15-23)36-26-6-4-3-5-25(26)35(48-36)32-31-30(43-49-44-31)28(18-41-32)42-29-24-16-11-21(37(38,39)40)17-27(24)33(46)34(29)47/h3-18H,1-2H3/b42-29-. The molecule has 0 aliphatic heterocycles. The highest BCUT2D eigenvalue weighted by molar-refractivity contribution is 7.21. The molecule has 0 bridgehead atoms. The molecular formula is C37H22F3N5O2S2. The van der Waals surface area contributed by atoms with Crippen molar-refractivity contribution in [2.75, 3.05) is 4.90 Å². The minimum Gasteiger partial charge on any atom is -0.301 e. The average molecular weight is 690 g/mol. The highest BCUT2D eigenvalue weighted by Crippen LogP contribution is 2.49. The molecule has 3 aromatic heterocycles. The number of benzene rings is 4. The second kappa shape index (κ2) is 11.5. The van der Waals surface area contributed by atoms with Gasteiger partial charge in [0.2, 0.25) is 5.43 Å². The first-order valence-electron chi connectivity index (χ1n) is 15.0. The molecule has 8 aromatic rings. The average Bonchev–Trinajstić information content (AvgIpc) is 3.79. The summed E-state index contributed by atoms with van der Waals surface area (Å²) in [7, 11) is 0. The third-order valence-corrected chi connectivity index (χ3v) is 10.1. The number of pyridine rings is 1. The van der Waals surface area contributed by atoms with Crippen molar-refractivity contribution in [3.05, 3.63) is 140 Å². The molecule has 12 heteroatoms. The molecule has 0 aliphatic carbocycles. The van der Waals surface area contributed by atoms with Crippen LogP contribution in [0.5, 0.6) is 0 Å². The molecule has 0 atom stereocenters. The van der Waals surface area contributed by atoms with Gasteiger partial charge in [0, 0.05) is 32.9 Å². The van der Waals surface area contributed by atoms with Gasteiger partial charge in [0.25, 0.3) is 5.43 Å². The van der Waals surface area contributed by atoms with E-state index in [0.29, 0.717) is 22.8 Å². The number of anilines is 3. The maximum absolute atomic E-state index is 13.3. The molecule has 0 N–H and O–H groups in total. The van der Waals surface area contributed by atoms with Gasteiger partial charge in [-0.15, -0.1) is 11.3 Å². The Bertz CT molecular complexity index is 2680. The Morgan fingerprint density at radius 2 is 1.35 bits per heavy atom. The van der Waals surface area contributed by atoms with Crippen LogP contribution in [-0.4, -0.2) is 13.7 Å². The molecule has 0 saturated carbocycles. The molecule has 5 aromatic carbocycles. The Morgan fingerprint density at radius 3 is 2.00 bits per heavy atom. The van der Waals surface area contributed by atoms with Crippen LogP contribution in [-0.2, 0) is 6.18 Å². The van der Waals surface area contributed by atoms with Crippen LogP contribution in [0.4, 0.5) is 35.2 Å². The van der Waals surface area contributed by atoms with E-state index < -0.39 is 22.6 Å². The van der Waals surface area contributed by atoms with Crippen LogP contribution < -0.4 is 21.1 Å². The fourth-order valence-corrected chi connectivity index (χ4v) is 7.77. The molecule has 0 unspecified atom stereocenters. The first-order chi connectivity index (χ1) is 23.6. The van der Waals surface area contributed by atoms with Crippen molar-refractivity contribution in [1.82, 2.24) is 13.7 Å². The molecule has 0 aliphatic rings. The van der Waals surface area contributed by atoms with Crippen LogP contribution in [0.2, 0.25) is 0 Å². The molecule has 0 fully saturated rings. The van der Waals surface area contributed by atoms with Crippen LogP contribution in [0.25, 0.3) is 43.1 Å². The summed E-state index contributed by atoms with van der Waals surface area (Å²) >= 11 is 2.51. The van der Waals surface area contributed by atoms with Crippen LogP contribution in [0.3, 0.4) is 0 Å². The van der Waals surface area contributed by atoms with Gasteiger partial charge in [-0.1, -0.05) is 65.7 Å². The van der Waals surface area contributed by atoms with Gasteiger partial charge in [0.05, 0.1) is 28.4 Å². The first-order valence-corrected chi connectivity index (χ1v) is 16.6. The molecule has 240 valence electrons. The largest absolute Gasteiger partial charge is 0.416 e. The molecular weight excluding hydrogens is 668 g/mol. The molecule has 0 radical (unpaired) electrons. The maximum Gasteiger partial charge on any atom is 0.416 e. The fourth-order valence-electron chi connectivity index (χ4n) is 5.89. The van der Waals surface area contributed by atoms with E-state index in [0.717, 1.165) is 67.0 Å². The quantitative estimate of drug-likeness (QED) is 0.168. The highest BCUT2D eigenvalue weighted by atomic mass is 32.1. The van der Waals surface area contributed by atoms with Crippen molar-refractivity contribution in [3.8, 4) is 10.6 Å². The fraction of sp³-hybridized carbons (Fsp3) is 0.0811. The molecule has 0 amide bonds. The highest BCUT2D eigenvalue weighted by Gasteiger charge is 2.31. The van der Waals surface area contributed by atoms with Gasteiger partial charge in [-0.3, -0.25) is 14.6 Å². The lowest BCUT2D eigenvalue weighted by Crippen LogP contribution is -2.30. The van der Waals surface area contributed by atoms with Gasteiger partial charge < -0.3 is 4.90 Å². The van der Waals surface area contributed by atoms with Crippen molar-refractivity contribution >= 4 is 77.7 Å². The second-order valence-corrected chi connectivity index (χ2v) is 13.1. The minimum atomic E-state index is -4.67. The minimum absolute atomic E-state index is 0.0320. The lowest BCUT2D eigenvalue weighted by atomic mass is 10.1. The Morgan fingerprint density at radius 1 is 0.714 bits per heavy atom. The summed E-state index contributed by atoms with van der Waals surface area (Å²) in [5.74, 6) is 0. The van der Waals surface area contributed by atoms with E-state index in [9.17, 15) is 22.8 Å². The monoisotopic (exact) mass is 689 g/mol. The zero-order valence-electron chi connectivity index (χ0n) is 25.7. The lowest BCUT2D eigenvalue weighted by molar-refractivity contribution is -0.137. The van der Waals surface area contributed by atoms with Crippen molar-refractivity contribution in [1.29, 1.82) is 0 Å². The number of thiophene rings is 1. The van der Waals surface area contributed by atoms with Crippen molar-refractivity contribution in [3.63, 3.8) is 0 Å². The normalized spacial score (nSPS) is 12.5. The van der Waals surface area contributed by atoms with Crippen molar-refractivity contribution < 1.29 is 13.2 Å². The molecule has 8 rings (SSSR count). The van der Waals surface area contributed by atoms with Gasteiger partial charge in [0.15, 0.2) is 0 Å². The maximum atomic E-state index is 13.3. The van der Waals surface area contributed by atoms with E-state index in [1.807, 2.05) is 18.2 Å².